The van der Waals surface area contributed by atoms with Crippen LogP contribution in [0.25, 0.3) is 54.6 Å². The van der Waals surface area contributed by atoms with Gasteiger partial charge in [-0.25, -0.2) is 4.39 Å². The summed E-state index contributed by atoms with van der Waals surface area (Å²) >= 11 is 1.69. The van der Waals surface area contributed by atoms with E-state index < -0.39 is 0 Å². The molecule has 0 saturated carbocycles. The molecule has 184 valence electrons. The third-order valence-electron chi connectivity index (χ3n) is 7.54. The normalized spacial score (nSPS) is 12.3. The van der Waals surface area contributed by atoms with E-state index in [4.69, 9.17) is 4.74 Å². The van der Waals surface area contributed by atoms with E-state index in [0.29, 0.717) is 0 Å². The average Bonchev–Trinajstić information content (AvgIpc) is 2.99. The molecule has 0 fully saturated rings. The van der Waals surface area contributed by atoms with Gasteiger partial charge in [0.2, 0.25) is 0 Å². The van der Waals surface area contributed by atoms with Crippen molar-refractivity contribution in [3.63, 3.8) is 0 Å². The molecule has 0 saturated heterocycles. The fraction of sp³-hybridized carbons (Fsp3) is 0. The zero-order valence-electron chi connectivity index (χ0n) is 20.8. The Morgan fingerprint density at radius 1 is 0.410 bits per heavy atom. The fourth-order valence-electron chi connectivity index (χ4n) is 5.72. The molecule has 0 bridgehead atoms. The summed E-state index contributed by atoms with van der Waals surface area (Å²) in [6.07, 6.45) is 0. The Bertz CT molecular complexity index is 2060. The summed E-state index contributed by atoms with van der Waals surface area (Å²) in [6.45, 7) is 0. The van der Waals surface area contributed by atoms with E-state index in [1.54, 1.807) is 23.9 Å². The summed E-state index contributed by atoms with van der Waals surface area (Å²) in [6, 6.07) is 43.0. The van der Waals surface area contributed by atoms with Crippen LogP contribution in [-0.2, 0) is 0 Å². The first-order valence-corrected chi connectivity index (χ1v) is 13.8. The van der Waals surface area contributed by atoms with Gasteiger partial charge >= 0.3 is 0 Å². The molecule has 1 aliphatic heterocycles. The van der Waals surface area contributed by atoms with Crippen molar-refractivity contribution in [1.82, 2.24) is 0 Å². The van der Waals surface area contributed by atoms with Gasteiger partial charge in [0.1, 0.15) is 17.3 Å². The quantitative estimate of drug-likeness (QED) is 0.210. The molecule has 7 aromatic carbocycles. The Hall–Kier alpha value is -4.60. The number of hydrogen-bond donors (Lipinski definition) is 0. The molecule has 0 aliphatic carbocycles. The number of fused-ring (bicyclic) bond motifs is 8. The van der Waals surface area contributed by atoms with Crippen LogP contribution < -0.4 is 4.74 Å². The van der Waals surface area contributed by atoms with Gasteiger partial charge in [-0.05, 0) is 103 Å². The highest BCUT2D eigenvalue weighted by molar-refractivity contribution is 7.99. The van der Waals surface area contributed by atoms with E-state index in [-0.39, 0.29) is 5.82 Å². The summed E-state index contributed by atoms with van der Waals surface area (Å²) in [5, 5.41) is 7.28. The SMILES string of the molecule is Fc1cc(-c2ccc3c(c2)Oc2ccccc2S3)cc(-c2ccc3c4ccccc4c4ccccc4c3c2)c1. The smallest absolute Gasteiger partial charge is 0.142 e. The van der Waals surface area contributed by atoms with Crippen LogP contribution in [0.15, 0.2) is 137 Å². The van der Waals surface area contributed by atoms with Crippen molar-refractivity contribution in [3.8, 4) is 33.8 Å². The zero-order chi connectivity index (χ0) is 25.9. The minimum atomic E-state index is -0.260. The number of halogens is 1. The second-order valence-corrected chi connectivity index (χ2v) is 11.0. The minimum absolute atomic E-state index is 0.260. The van der Waals surface area contributed by atoms with E-state index in [0.717, 1.165) is 43.5 Å². The van der Waals surface area contributed by atoms with Crippen LogP contribution in [0.3, 0.4) is 0 Å². The van der Waals surface area contributed by atoms with Crippen molar-refractivity contribution < 1.29 is 9.13 Å². The van der Waals surface area contributed by atoms with Gasteiger partial charge in [-0.15, -0.1) is 0 Å². The second-order valence-electron chi connectivity index (χ2n) is 9.89. The maximum Gasteiger partial charge on any atom is 0.142 e. The molecule has 7 aromatic rings. The predicted molar refractivity (Wildman–Crippen MR) is 160 cm³/mol. The summed E-state index contributed by atoms with van der Waals surface area (Å²) < 4.78 is 21.3. The molecule has 0 aromatic heterocycles. The van der Waals surface area contributed by atoms with Gasteiger partial charge in [0.25, 0.3) is 0 Å². The Labute approximate surface area is 229 Å². The minimum Gasteiger partial charge on any atom is -0.455 e. The van der Waals surface area contributed by atoms with Crippen molar-refractivity contribution >= 4 is 44.1 Å². The lowest BCUT2D eigenvalue weighted by atomic mass is 9.91. The Morgan fingerprint density at radius 2 is 0.949 bits per heavy atom. The molecule has 0 atom stereocenters. The van der Waals surface area contributed by atoms with Crippen LogP contribution in [-0.4, -0.2) is 0 Å². The molecule has 1 nitrogen and oxygen atoms in total. The molecule has 0 amide bonds. The Balaban J connectivity index is 1.26. The Morgan fingerprint density at radius 3 is 1.67 bits per heavy atom. The zero-order valence-corrected chi connectivity index (χ0v) is 21.6. The van der Waals surface area contributed by atoms with E-state index in [1.165, 1.54) is 32.3 Å². The molecule has 1 heterocycles. The lowest BCUT2D eigenvalue weighted by Gasteiger charge is -2.20. The second kappa shape index (κ2) is 8.72. The molecule has 1 aliphatic rings. The molecule has 3 heteroatoms. The van der Waals surface area contributed by atoms with E-state index in [2.05, 4.69) is 84.9 Å². The largest absolute Gasteiger partial charge is 0.455 e. The van der Waals surface area contributed by atoms with Crippen molar-refractivity contribution in [1.29, 1.82) is 0 Å². The maximum absolute atomic E-state index is 15.1. The van der Waals surface area contributed by atoms with E-state index >= 15 is 4.39 Å². The highest BCUT2D eigenvalue weighted by Gasteiger charge is 2.18. The van der Waals surface area contributed by atoms with Gasteiger partial charge < -0.3 is 4.74 Å². The van der Waals surface area contributed by atoms with Crippen LogP contribution >= 0.6 is 11.8 Å². The molecule has 0 N–H and O–H groups in total. The summed E-state index contributed by atoms with van der Waals surface area (Å²) in [4.78, 5) is 2.16. The lowest BCUT2D eigenvalue weighted by molar-refractivity contribution is 0.455. The number of rotatable bonds is 2. The monoisotopic (exact) mass is 520 g/mol. The van der Waals surface area contributed by atoms with Gasteiger partial charge in [0.15, 0.2) is 0 Å². The highest BCUT2D eigenvalue weighted by Crippen LogP contribution is 2.48. The predicted octanol–water partition coefficient (Wildman–Crippen LogP) is 10.9. The van der Waals surface area contributed by atoms with Crippen LogP contribution in [0.4, 0.5) is 4.39 Å². The van der Waals surface area contributed by atoms with Crippen molar-refractivity contribution in [3.05, 3.63) is 133 Å². The first-order valence-electron chi connectivity index (χ1n) is 12.9. The van der Waals surface area contributed by atoms with Crippen LogP contribution in [0.2, 0.25) is 0 Å². The summed E-state index contributed by atoms with van der Waals surface area (Å²) in [7, 11) is 0. The molecule has 0 unspecified atom stereocenters. The summed E-state index contributed by atoms with van der Waals surface area (Å²) in [5.74, 6) is 1.39. The number of para-hydroxylation sites is 1. The number of hydrogen-bond acceptors (Lipinski definition) is 2. The van der Waals surface area contributed by atoms with Crippen LogP contribution in [0, 0.1) is 5.82 Å². The maximum atomic E-state index is 15.1. The lowest BCUT2D eigenvalue weighted by Crippen LogP contribution is -1.95. The van der Waals surface area contributed by atoms with Crippen LogP contribution in [0.5, 0.6) is 11.5 Å². The Kier molecular flexibility index (Phi) is 5.01. The third-order valence-corrected chi connectivity index (χ3v) is 8.66. The number of benzene rings is 7. The topological polar surface area (TPSA) is 9.23 Å². The molecule has 8 rings (SSSR count). The number of ether oxygens (including phenoxy) is 1. The van der Waals surface area contributed by atoms with Crippen LogP contribution in [0.1, 0.15) is 0 Å². The molecular formula is C36H21FOS. The first kappa shape index (κ1) is 22.4. The molecule has 0 spiro atoms. The average molecular weight is 521 g/mol. The van der Waals surface area contributed by atoms with Gasteiger partial charge in [-0.3, -0.25) is 0 Å². The van der Waals surface area contributed by atoms with Gasteiger partial charge in [0, 0.05) is 0 Å². The van der Waals surface area contributed by atoms with Gasteiger partial charge in [-0.2, -0.15) is 0 Å². The molecule has 39 heavy (non-hydrogen) atoms. The van der Waals surface area contributed by atoms with Crippen molar-refractivity contribution in [2.75, 3.05) is 0 Å². The van der Waals surface area contributed by atoms with Gasteiger partial charge in [0.05, 0.1) is 9.79 Å². The summed E-state index contributed by atoms with van der Waals surface area (Å²) in [5.41, 5.74) is 3.58. The molecule has 0 radical (unpaired) electrons. The standard InChI is InChI=1S/C36H21FOS/c37-26-18-24(17-25(19-26)23-14-16-36-34(21-23)38-33-11-5-6-12-35(33)39-36)22-13-15-31-29-9-2-1-7-27(29)28-8-3-4-10-30(28)32(31)20-22/h1-21H. The van der Waals surface area contributed by atoms with Crippen molar-refractivity contribution in [2.24, 2.45) is 0 Å². The van der Waals surface area contributed by atoms with E-state index in [9.17, 15) is 0 Å². The highest BCUT2D eigenvalue weighted by atomic mass is 32.2. The molecular weight excluding hydrogens is 499 g/mol. The third kappa shape index (κ3) is 3.70. The van der Waals surface area contributed by atoms with Gasteiger partial charge in [-0.1, -0.05) is 90.6 Å². The first-order chi connectivity index (χ1) is 19.2. The van der Waals surface area contributed by atoms with Crippen molar-refractivity contribution in [2.45, 2.75) is 9.79 Å². The van der Waals surface area contributed by atoms with E-state index in [1.807, 2.05) is 30.3 Å². The fourth-order valence-corrected chi connectivity index (χ4v) is 6.65.